The Morgan fingerprint density at radius 2 is 1.82 bits per heavy atom. The number of hydrogen-bond acceptors (Lipinski definition) is 3. The summed E-state index contributed by atoms with van der Waals surface area (Å²) in [6.07, 6.45) is 0.725. The van der Waals surface area contributed by atoms with E-state index >= 15 is 0 Å². The molecule has 2 aromatic carbocycles. The maximum Gasteiger partial charge on any atom is 0.150 e. The Hall–Kier alpha value is -2.60. The highest BCUT2D eigenvalue weighted by atomic mass is 16.3. The lowest BCUT2D eigenvalue weighted by Crippen LogP contribution is -1.89. The number of rotatable bonds is 2. The fourth-order valence-corrected chi connectivity index (χ4v) is 1.63. The molecule has 0 fully saturated rings. The largest absolute Gasteiger partial charge is 0.508 e. The van der Waals surface area contributed by atoms with Gasteiger partial charge in [-0.25, -0.2) is 0 Å². The smallest absolute Gasteiger partial charge is 0.150 e. The Morgan fingerprint density at radius 1 is 1.12 bits per heavy atom. The summed E-state index contributed by atoms with van der Waals surface area (Å²) in [6, 6.07) is 13.5. The maximum atomic E-state index is 11.0. The molecule has 0 atom stereocenters. The number of nitriles is 1. The quantitative estimate of drug-likeness (QED) is 0.796. The highest BCUT2D eigenvalue weighted by Crippen LogP contribution is 2.25. The molecular formula is C14H9NO2. The van der Waals surface area contributed by atoms with Gasteiger partial charge >= 0.3 is 0 Å². The molecule has 0 aliphatic carbocycles. The second kappa shape index (κ2) is 4.50. The minimum absolute atomic E-state index is 0.176. The molecular weight excluding hydrogens is 214 g/mol. The highest BCUT2D eigenvalue weighted by Gasteiger charge is 2.05. The van der Waals surface area contributed by atoms with E-state index in [1.807, 2.05) is 6.07 Å². The highest BCUT2D eigenvalue weighted by molar-refractivity contribution is 5.88. The molecule has 2 aromatic rings. The molecule has 0 unspecified atom stereocenters. The van der Waals surface area contributed by atoms with E-state index in [1.165, 1.54) is 0 Å². The van der Waals surface area contributed by atoms with E-state index < -0.39 is 0 Å². The number of carbonyl (C=O) groups is 1. The summed E-state index contributed by atoms with van der Waals surface area (Å²) in [5.74, 6) is 0.176. The van der Waals surface area contributed by atoms with Crippen LogP contribution in [0.2, 0.25) is 0 Å². The zero-order valence-electron chi connectivity index (χ0n) is 8.92. The first-order valence-corrected chi connectivity index (χ1v) is 5.03. The van der Waals surface area contributed by atoms with Gasteiger partial charge in [0.2, 0.25) is 0 Å². The summed E-state index contributed by atoms with van der Waals surface area (Å²) >= 11 is 0. The second-order valence-corrected chi connectivity index (χ2v) is 3.58. The average molecular weight is 223 g/mol. The van der Waals surface area contributed by atoms with Crippen molar-refractivity contribution in [2.45, 2.75) is 0 Å². The number of aromatic hydroxyl groups is 1. The summed E-state index contributed by atoms with van der Waals surface area (Å²) in [7, 11) is 0. The second-order valence-electron chi connectivity index (χ2n) is 3.58. The monoisotopic (exact) mass is 223 g/mol. The molecule has 0 aliphatic heterocycles. The molecule has 0 saturated carbocycles. The van der Waals surface area contributed by atoms with Crippen LogP contribution in [0.3, 0.4) is 0 Å². The first-order valence-electron chi connectivity index (χ1n) is 5.03. The number of phenolic OH excluding ortho intramolecular Hbond substituents is 1. The zero-order chi connectivity index (χ0) is 12.3. The summed E-state index contributed by atoms with van der Waals surface area (Å²) in [5.41, 5.74) is 2.50. The fraction of sp³-hybridized carbons (Fsp3) is 0. The van der Waals surface area contributed by atoms with Crippen molar-refractivity contribution in [3.8, 4) is 22.9 Å². The molecule has 0 aliphatic rings. The Labute approximate surface area is 98.6 Å². The predicted molar refractivity (Wildman–Crippen MR) is 63.6 cm³/mol. The average Bonchev–Trinajstić information content (AvgIpc) is 2.39. The lowest BCUT2D eigenvalue weighted by Gasteiger charge is -2.05. The van der Waals surface area contributed by atoms with Gasteiger partial charge < -0.3 is 5.11 Å². The van der Waals surface area contributed by atoms with Crippen molar-refractivity contribution in [1.82, 2.24) is 0 Å². The number of nitrogens with zero attached hydrogens (tertiary/aromatic N) is 1. The molecule has 0 saturated heterocycles. The van der Waals surface area contributed by atoms with Crippen LogP contribution < -0.4 is 0 Å². The van der Waals surface area contributed by atoms with Crippen molar-refractivity contribution in [3.05, 3.63) is 53.6 Å². The van der Waals surface area contributed by atoms with E-state index in [1.54, 1.807) is 42.5 Å². The lowest BCUT2D eigenvalue weighted by molar-refractivity contribution is 0.112. The van der Waals surface area contributed by atoms with Crippen molar-refractivity contribution < 1.29 is 9.90 Å². The van der Waals surface area contributed by atoms with Gasteiger partial charge in [0.1, 0.15) is 5.75 Å². The first kappa shape index (κ1) is 10.9. The number of hydrogen-bond donors (Lipinski definition) is 1. The maximum absolute atomic E-state index is 11.0. The Morgan fingerprint density at radius 3 is 2.41 bits per heavy atom. The minimum atomic E-state index is 0.176. The van der Waals surface area contributed by atoms with E-state index in [-0.39, 0.29) is 5.75 Å². The normalized spacial score (nSPS) is 9.59. The van der Waals surface area contributed by atoms with Crippen LogP contribution in [0.4, 0.5) is 0 Å². The van der Waals surface area contributed by atoms with Crippen LogP contribution in [0.25, 0.3) is 11.1 Å². The van der Waals surface area contributed by atoms with Gasteiger partial charge in [0.15, 0.2) is 6.29 Å². The number of aldehydes is 1. The van der Waals surface area contributed by atoms with Crippen molar-refractivity contribution >= 4 is 6.29 Å². The van der Waals surface area contributed by atoms with Gasteiger partial charge in [0.05, 0.1) is 11.6 Å². The molecule has 17 heavy (non-hydrogen) atoms. The zero-order valence-corrected chi connectivity index (χ0v) is 8.92. The molecule has 0 spiro atoms. The molecule has 2 rings (SSSR count). The number of carbonyl (C=O) groups excluding carboxylic acids is 1. The Kier molecular flexibility index (Phi) is 2.89. The van der Waals surface area contributed by atoms with Crippen molar-refractivity contribution in [2.75, 3.05) is 0 Å². The minimum Gasteiger partial charge on any atom is -0.508 e. The van der Waals surface area contributed by atoms with Gasteiger partial charge in [-0.2, -0.15) is 5.26 Å². The van der Waals surface area contributed by atoms with Crippen LogP contribution in [0.5, 0.6) is 5.75 Å². The van der Waals surface area contributed by atoms with E-state index in [9.17, 15) is 9.90 Å². The molecule has 3 heteroatoms. The van der Waals surface area contributed by atoms with Crippen LogP contribution in [0, 0.1) is 11.3 Å². The summed E-state index contributed by atoms with van der Waals surface area (Å²) < 4.78 is 0. The van der Waals surface area contributed by atoms with Gasteiger partial charge in [0, 0.05) is 5.56 Å². The summed E-state index contributed by atoms with van der Waals surface area (Å²) in [6.45, 7) is 0. The van der Waals surface area contributed by atoms with Crippen LogP contribution in [0.1, 0.15) is 15.9 Å². The van der Waals surface area contributed by atoms with Crippen molar-refractivity contribution in [3.63, 3.8) is 0 Å². The Balaban J connectivity index is 2.56. The van der Waals surface area contributed by atoms with Gasteiger partial charge in [-0.05, 0) is 35.4 Å². The van der Waals surface area contributed by atoms with Crippen LogP contribution >= 0.6 is 0 Å². The van der Waals surface area contributed by atoms with Gasteiger partial charge in [-0.3, -0.25) is 4.79 Å². The molecule has 1 N–H and O–H groups in total. The van der Waals surface area contributed by atoms with E-state index in [2.05, 4.69) is 0 Å². The van der Waals surface area contributed by atoms with Crippen LogP contribution in [-0.2, 0) is 0 Å². The Bertz CT molecular complexity index is 595. The molecule has 0 aromatic heterocycles. The summed E-state index contributed by atoms with van der Waals surface area (Å²) in [5, 5.41) is 18.0. The molecule has 82 valence electrons. The number of phenols is 1. The molecule has 0 heterocycles. The third-order valence-electron chi connectivity index (χ3n) is 2.49. The lowest BCUT2D eigenvalue weighted by atomic mass is 9.98. The van der Waals surface area contributed by atoms with Crippen molar-refractivity contribution in [1.29, 1.82) is 5.26 Å². The molecule has 0 amide bonds. The molecule has 0 radical (unpaired) electrons. The summed E-state index contributed by atoms with van der Waals surface area (Å²) in [4.78, 5) is 11.0. The van der Waals surface area contributed by atoms with Crippen LogP contribution in [0.15, 0.2) is 42.5 Å². The third kappa shape index (κ3) is 2.16. The number of benzene rings is 2. The van der Waals surface area contributed by atoms with Gasteiger partial charge in [0.25, 0.3) is 0 Å². The molecule has 3 nitrogen and oxygen atoms in total. The molecule has 0 bridgehead atoms. The SMILES string of the molecule is N#Cc1ccc(-c2ccc(O)cc2)c(C=O)c1. The van der Waals surface area contributed by atoms with Crippen LogP contribution in [-0.4, -0.2) is 11.4 Å². The predicted octanol–water partition coefficient (Wildman–Crippen LogP) is 2.74. The van der Waals surface area contributed by atoms with Gasteiger partial charge in [-0.15, -0.1) is 0 Å². The third-order valence-corrected chi connectivity index (χ3v) is 2.49. The van der Waals surface area contributed by atoms with E-state index in [0.29, 0.717) is 11.1 Å². The standard InChI is InChI=1S/C14H9NO2/c15-8-10-1-6-14(12(7-10)9-16)11-2-4-13(17)5-3-11/h1-7,9,17H. The first-order chi connectivity index (χ1) is 8.24. The van der Waals surface area contributed by atoms with Crippen molar-refractivity contribution in [2.24, 2.45) is 0 Å². The topological polar surface area (TPSA) is 61.1 Å². The van der Waals surface area contributed by atoms with Gasteiger partial charge in [-0.1, -0.05) is 18.2 Å². The fourth-order valence-electron chi connectivity index (χ4n) is 1.63. The van der Waals surface area contributed by atoms with E-state index in [4.69, 9.17) is 5.26 Å². The van der Waals surface area contributed by atoms with E-state index in [0.717, 1.165) is 17.4 Å².